The highest BCUT2D eigenvalue weighted by Gasteiger charge is 2.11. The zero-order chi connectivity index (χ0) is 11.7. The summed E-state index contributed by atoms with van der Waals surface area (Å²) < 4.78 is 0. The molecule has 0 N–H and O–H groups in total. The van der Waals surface area contributed by atoms with Crippen molar-refractivity contribution in [2.24, 2.45) is 0 Å². The Hall–Kier alpha value is -1.68. The van der Waals surface area contributed by atoms with Gasteiger partial charge in [0.05, 0.1) is 11.4 Å². The third-order valence-corrected chi connectivity index (χ3v) is 2.43. The molecule has 0 radical (unpaired) electrons. The van der Waals surface area contributed by atoms with Crippen molar-refractivity contribution in [2.75, 3.05) is 0 Å². The van der Waals surface area contributed by atoms with E-state index < -0.39 is 0 Å². The highest BCUT2D eigenvalue weighted by molar-refractivity contribution is 6.30. The van der Waals surface area contributed by atoms with E-state index in [1.54, 1.807) is 31.2 Å². The predicted molar refractivity (Wildman–Crippen MR) is 61.1 cm³/mol. The molecule has 82 valence electrons. The summed E-state index contributed by atoms with van der Waals surface area (Å²) in [7, 11) is 0. The Morgan fingerprint density at radius 1 is 1.25 bits per heavy atom. The van der Waals surface area contributed by atoms with Gasteiger partial charge in [-0.25, -0.2) is 0 Å². The standard InChI is InChI=1S/C11H10ClN3O/c1-7-11(8(2)16)14-15(13-7)10-5-3-9(12)4-6-10/h3-6H,1-2H3. The van der Waals surface area contributed by atoms with Crippen LogP contribution in [0, 0.1) is 6.92 Å². The average Bonchev–Trinajstić information content (AvgIpc) is 2.61. The van der Waals surface area contributed by atoms with Gasteiger partial charge in [0.25, 0.3) is 0 Å². The van der Waals surface area contributed by atoms with Gasteiger partial charge in [-0.1, -0.05) is 11.6 Å². The number of benzene rings is 1. The van der Waals surface area contributed by atoms with E-state index in [0.29, 0.717) is 16.4 Å². The average molecular weight is 236 g/mol. The second kappa shape index (κ2) is 4.06. The molecule has 1 heterocycles. The number of rotatable bonds is 2. The van der Waals surface area contributed by atoms with E-state index in [4.69, 9.17) is 11.6 Å². The summed E-state index contributed by atoms with van der Waals surface area (Å²) in [5, 5.41) is 8.95. The maximum Gasteiger partial charge on any atom is 0.181 e. The number of Topliss-reactive ketones (excluding diaryl/α,β-unsaturated/α-hetero) is 1. The summed E-state index contributed by atoms with van der Waals surface area (Å²) in [6, 6.07) is 7.10. The summed E-state index contributed by atoms with van der Waals surface area (Å²) in [6.45, 7) is 3.24. The Balaban J connectivity index is 2.45. The number of hydrogen-bond donors (Lipinski definition) is 0. The fraction of sp³-hybridized carbons (Fsp3) is 0.182. The van der Waals surface area contributed by atoms with Crippen LogP contribution >= 0.6 is 11.6 Å². The molecule has 2 rings (SSSR count). The van der Waals surface area contributed by atoms with E-state index in [-0.39, 0.29) is 5.78 Å². The molecule has 0 bridgehead atoms. The molecule has 1 aromatic heterocycles. The topological polar surface area (TPSA) is 47.8 Å². The van der Waals surface area contributed by atoms with E-state index in [9.17, 15) is 4.79 Å². The van der Waals surface area contributed by atoms with Crippen molar-refractivity contribution in [1.82, 2.24) is 15.0 Å². The number of carbonyl (C=O) groups excluding carboxylic acids is 1. The second-order valence-electron chi connectivity index (χ2n) is 3.46. The van der Waals surface area contributed by atoms with Gasteiger partial charge in [-0.15, -0.1) is 5.10 Å². The molecule has 16 heavy (non-hydrogen) atoms. The number of hydrogen-bond acceptors (Lipinski definition) is 3. The number of nitrogens with zero attached hydrogens (tertiary/aromatic N) is 3. The molecule has 0 unspecified atom stereocenters. The Kier molecular flexibility index (Phi) is 2.75. The van der Waals surface area contributed by atoms with Gasteiger partial charge >= 0.3 is 0 Å². The fourth-order valence-corrected chi connectivity index (χ4v) is 1.52. The molecule has 0 aliphatic rings. The van der Waals surface area contributed by atoms with Crippen molar-refractivity contribution in [3.8, 4) is 5.69 Å². The molecule has 4 nitrogen and oxygen atoms in total. The van der Waals surface area contributed by atoms with Gasteiger partial charge in [-0.2, -0.15) is 9.90 Å². The first-order valence-electron chi connectivity index (χ1n) is 4.79. The van der Waals surface area contributed by atoms with Gasteiger partial charge in [0.2, 0.25) is 0 Å². The lowest BCUT2D eigenvalue weighted by molar-refractivity contribution is 0.101. The Bertz CT molecular complexity index is 531. The lowest BCUT2D eigenvalue weighted by Crippen LogP contribution is -2.00. The minimum atomic E-state index is -0.0855. The van der Waals surface area contributed by atoms with Gasteiger partial charge in [-0.3, -0.25) is 4.79 Å². The first-order valence-corrected chi connectivity index (χ1v) is 5.16. The summed E-state index contributed by atoms with van der Waals surface area (Å²) in [5.41, 5.74) is 1.80. The molecular formula is C11H10ClN3O. The highest BCUT2D eigenvalue weighted by Crippen LogP contribution is 2.13. The number of aryl methyl sites for hydroxylation is 1. The molecule has 2 aromatic rings. The van der Waals surface area contributed by atoms with Gasteiger partial charge in [0, 0.05) is 11.9 Å². The molecule has 0 fully saturated rings. The molecule has 0 atom stereocenters. The number of halogens is 1. The van der Waals surface area contributed by atoms with Crippen LogP contribution in [0.1, 0.15) is 23.1 Å². The third-order valence-electron chi connectivity index (χ3n) is 2.17. The van der Waals surface area contributed by atoms with Crippen LogP contribution in [0.15, 0.2) is 24.3 Å². The van der Waals surface area contributed by atoms with Crippen LogP contribution in [0.4, 0.5) is 0 Å². The molecule has 0 spiro atoms. The van der Waals surface area contributed by atoms with Crippen LogP contribution in [0.5, 0.6) is 0 Å². The molecular weight excluding hydrogens is 226 g/mol. The monoisotopic (exact) mass is 235 g/mol. The van der Waals surface area contributed by atoms with Crippen LogP contribution in [0.25, 0.3) is 5.69 Å². The quantitative estimate of drug-likeness (QED) is 0.751. The van der Waals surface area contributed by atoms with Gasteiger partial charge in [0.1, 0.15) is 0 Å². The zero-order valence-corrected chi connectivity index (χ0v) is 9.69. The summed E-state index contributed by atoms with van der Waals surface area (Å²) in [4.78, 5) is 12.7. The molecule has 0 amide bonds. The normalized spacial score (nSPS) is 10.4. The lowest BCUT2D eigenvalue weighted by Gasteiger charge is -1.98. The minimum Gasteiger partial charge on any atom is -0.293 e. The lowest BCUT2D eigenvalue weighted by atomic mass is 10.3. The van der Waals surface area contributed by atoms with Crippen LogP contribution < -0.4 is 0 Å². The Morgan fingerprint density at radius 2 is 1.88 bits per heavy atom. The number of carbonyl (C=O) groups is 1. The zero-order valence-electron chi connectivity index (χ0n) is 8.94. The first kappa shape index (κ1) is 10.8. The molecule has 0 aliphatic carbocycles. The van der Waals surface area contributed by atoms with Gasteiger partial charge < -0.3 is 0 Å². The predicted octanol–water partition coefficient (Wildman–Crippen LogP) is 2.43. The highest BCUT2D eigenvalue weighted by atomic mass is 35.5. The van der Waals surface area contributed by atoms with Crippen molar-refractivity contribution in [1.29, 1.82) is 0 Å². The van der Waals surface area contributed by atoms with E-state index in [1.165, 1.54) is 11.7 Å². The SMILES string of the molecule is CC(=O)c1nn(-c2ccc(Cl)cc2)nc1C. The molecule has 0 saturated heterocycles. The van der Waals surface area contributed by atoms with Crippen LogP contribution in [-0.4, -0.2) is 20.8 Å². The van der Waals surface area contributed by atoms with Gasteiger partial charge in [0.15, 0.2) is 11.5 Å². The van der Waals surface area contributed by atoms with E-state index in [1.807, 2.05) is 0 Å². The second-order valence-corrected chi connectivity index (χ2v) is 3.89. The van der Waals surface area contributed by atoms with Crippen LogP contribution in [0.2, 0.25) is 5.02 Å². The van der Waals surface area contributed by atoms with Gasteiger partial charge in [-0.05, 0) is 31.2 Å². The Morgan fingerprint density at radius 3 is 2.38 bits per heavy atom. The minimum absolute atomic E-state index is 0.0855. The van der Waals surface area contributed by atoms with E-state index in [0.717, 1.165) is 5.69 Å². The maximum atomic E-state index is 11.2. The molecule has 1 aromatic carbocycles. The van der Waals surface area contributed by atoms with Crippen LogP contribution in [-0.2, 0) is 0 Å². The first-order chi connectivity index (χ1) is 7.58. The van der Waals surface area contributed by atoms with Crippen molar-refractivity contribution in [3.05, 3.63) is 40.7 Å². The molecule has 0 saturated carbocycles. The smallest absolute Gasteiger partial charge is 0.181 e. The summed E-state index contributed by atoms with van der Waals surface area (Å²) >= 11 is 5.78. The maximum absolute atomic E-state index is 11.2. The molecule has 0 aliphatic heterocycles. The summed E-state index contributed by atoms with van der Waals surface area (Å²) in [5.74, 6) is -0.0855. The Labute approximate surface area is 97.8 Å². The number of aromatic nitrogens is 3. The van der Waals surface area contributed by atoms with Crippen molar-refractivity contribution in [3.63, 3.8) is 0 Å². The van der Waals surface area contributed by atoms with Crippen LogP contribution in [0.3, 0.4) is 0 Å². The fourth-order valence-electron chi connectivity index (χ4n) is 1.39. The van der Waals surface area contributed by atoms with Crippen molar-refractivity contribution in [2.45, 2.75) is 13.8 Å². The van der Waals surface area contributed by atoms with E-state index >= 15 is 0 Å². The van der Waals surface area contributed by atoms with Crippen molar-refractivity contribution >= 4 is 17.4 Å². The third kappa shape index (κ3) is 1.97. The van der Waals surface area contributed by atoms with Crippen molar-refractivity contribution < 1.29 is 4.79 Å². The largest absolute Gasteiger partial charge is 0.293 e. The summed E-state index contributed by atoms with van der Waals surface area (Å²) in [6.07, 6.45) is 0. The van der Waals surface area contributed by atoms with E-state index in [2.05, 4.69) is 10.2 Å². The number of ketones is 1. The molecule has 5 heteroatoms.